The van der Waals surface area contributed by atoms with Gasteiger partial charge in [-0.3, -0.25) is 10.1 Å². The predicted molar refractivity (Wildman–Crippen MR) is 73.9 cm³/mol. The number of aromatic nitrogens is 2. The number of benzene rings is 1. The minimum Gasteiger partial charge on any atom is -0.338 e. The lowest BCUT2D eigenvalue weighted by molar-refractivity contribution is -0.387. The van der Waals surface area contributed by atoms with Crippen LogP contribution in [0.5, 0.6) is 0 Å². The molecule has 0 unspecified atom stereocenters. The average molecular weight is 377 g/mol. The Balaban J connectivity index is 2.31. The van der Waals surface area contributed by atoms with Crippen molar-refractivity contribution in [3.8, 4) is 0 Å². The van der Waals surface area contributed by atoms with Crippen LogP contribution in [0.1, 0.15) is 11.7 Å². The molecule has 11 heteroatoms. The summed E-state index contributed by atoms with van der Waals surface area (Å²) in [6, 6.07) is 3.65. The number of nitro benzene ring substituents is 1. The van der Waals surface area contributed by atoms with Gasteiger partial charge in [0.05, 0.1) is 11.5 Å². The largest absolute Gasteiger partial charge is 0.338 e. The topological polar surface area (TPSA) is 128 Å². The standard InChI is InChI=1S/C10H9BrN4O5S/c1-6-13-10(20-14-6)5-12-21(18,19)9-4-7(11)2-3-8(9)15(16)17/h2-4,12H,5H2,1H3. The molecule has 112 valence electrons. The molecule has 21 heavy (non-hydrogen) atoms. The van der Waals surface area contributed by atoms with Crippen LogP contribution in [-0.2, 0) is 16.6 Å². The molecule has 1 aromatic heterocycles. The average Bonchev–Trinajstić information content (AvgIpc) is 2.82. The van der Waals surface area contributed by atoms with Crippen molar-refractivity contribution in [2.24, 2.45) is 0 Å². The van der Waals surface area contributed by atoms with E-state index in [1.807, 2.05) is 0 Å². The summed E-state index contributed by atoms with van der Waals surface area (Å²) < 4.78 is 31.7. The molecule has 0 radical (unpaired) electrons. The number of halogens is 1. The van der Waals surface area contributed by atoms with E-state index < -0.39 is 25.5 Å². The van der Waals surface area contributed by atoms with Crippen LogP contribution in [0.3, 0.4) is 0 Å². The maximum atomic E-state index is 12.2. The lowest BCUT2D eigenvalue weighted by Crippen LogP contribution is -2.24. The van der Waals surface area contributed by atoms with E-state index in [2.05, 4.69) is 30.8 Å². The molecule has 0 atom stereocenters. The van der Waals surface area contributed by atoms with E-state index in [0.717, 1.165) is 12.1 Å². The third-order valence-corrected chi connectivity index (χ3v) is 4.31. The summed E-state index contributed by atoms with van der Waals surface area (Å²) >= 11 is 3.08. The number of nitrogens with one attached hydrogen (secondary N) is 1. The Bertz CT molecular complexity index is 788. The second kappa shape index (κ2) is 5.87. The maximum Gasteiger partial charge on any atom is 0.289 e. The van der Waals surface area contributed by atoms with Crippen molar-refractivity contribution in [3.05, 3.63) is 44.5 Å². The molecule has 0 fully saturated rings. The zero-order valence-corrected chi connectivity index (χ0v) is 13.0. The van der Waals surface area contributed by atoms with Crippen molar-refractivity contribution in [1.82, 2.24) is 14.9 Å². The minimum absolute atomic E-state index is 0.0636. The van der Waals surface area contributed by atoms with Gasteiger partial charge < -0.3 is 4.52 Å². The van der Waals surface area contributed by atoms with Gasteiger partial charge in [-0.1, -0.05) is 21.1 Å². The van der Waals surface area contributed by atoms with Crippen LogP contribution in [0.15, 0.2) is 32.1 Å². The minimum atomic E-state index is -4.10. The van der Waals surface area contributed by atoms with E-state index in [0.29, 0.717) is 10.3 Å². The highest BCUT2D eigenvalue weighted by atomic mass is 79.9. The van der Waals surface area contributed by atoms with E-state index in [1.54, 1.807) is 6.92 Å². The molecule has 0 aliphatic carbocycles. The normalized spacial score (nSPS) is 11.5. The third-order valence-electron chi connectivity index (χ3n) is 2.39. The van der Waals surface area contributed by atoms with Gasteiger partial charge >= 0.3 is 0 Å². The van der Waals surface area contributed by atoms with Gasteiger partial charge in [0.2, 0.25) is 15.9 Å². The zero-order chi connectivity index (χ0) is 15.6. The van der Waals surface area contributed by atoms with Gasteiger partial charge in [-0.05, 0) is 19.1 Å². The smallest absolute Gasteiger partial charge is 0.289 e. The fourth-order valence-electron chi connectivity index (χ4n) is 1.50. The van der Waals surface area contributed by atoms with Crippen LogP contribution in [-0.4, -0.2) is 23.5 Å². The number of rotatable bonds is 5. The number of sulfonamides is 1. The number of nitro groups is 1. The van der Waals surface area contributed by atoms with Crippen LogP contribution in [0.4, 0.5) is 5.69 Å². The highest BCUT2D eigenvalue weighted by molar-refractivity contribution is 9.10. The molecular formula is C10H9BrN4O5S. The fraction of sp³-hybridized carbons (Fsp3) is 0.200. The Kier molecular flexibility index (Phi) is 4.34. The molecule has 0 spiro atoms. The molecule has 0 aliphatic heterocycles. The van der Waals surface area contributed by atoms with Crippen LogP contribution in [0.25, 0.3) is 0 Å². The van der Waals surface area contributed by atoms with Crippen LogP contribution in [0.2, 0.25) is 0 Å². The molecule has 0 saturated carbocycles. The SMILES string of the molecule is Cc1noc(CNS(=O)(=O)c2cc(Br)ccc2[N+](=O)[O-])n1. The first-order valence-corrected chi connectivity index (χ1v) is 7.80. The molecule has 9 nitrogen and oxygen atoms in total. The zero-order valence-electron chi connectivity index (χ0n) is 10.6. The molecule has 0 bridgehead atoms. The Labute approximate surface area is 127 Å². The van der Waals surface area contributed by atoms with Crippen molar-refractivity contribution in [2.75, 3.05) is 0 Å². The molecule has 1 aromatic carbocycles. The number of aryl methyl sites for hydroxylation is 1. The van der Waals surface area contributed by atoms with E-state index >= 15 is 0 Å². The lowest BCUT2D eigenvalue weighted by atomic mass is 10.3. The van der Waals surface area contributed by atoms with Gasteiger partial charge in [0, 0.05) is 10.5 Å². The predicted octanol–water partition coefficient (Wildman–Crippen LogP) is 1.53. The Morgan fingerprint density at radius 3 is 2.76 bits per heavy atom. The monoisotopic (exact) mass is 376 g/mol. The maximum absolute atomic E-state index is 12.2. The molecule has 2 rings (SSSR count). The summed E-state index contributed by atoms with van der Waals surface area (Å²) in [4.78, 5) is 13.5. The Hall–Kier alpha value is -1.85. The summed E-state index contributed by atoms with van der Waals surface area (Å²) in [5.41, 5.74) is -0.521. The van der Waals surface area contributed by atoms with Crippen molar-refractivity contribution in [3.63, 3.8) is 0 Å². The van der Waals surface area contributed by atoms with Crippen molar-refractivity contribution >= 4 is 31.6 Å². The number of hydrogen-bond donors (Lipinski definition) is 1. The summed E-state index contributed by atoms with van der Waals surface area (Å²) in [5.74, 6) is 0.423. The highest BCUT2D eigenvalue weighted by Gasteiger charge is 2.26. The first-order valence-electron chi connectivity index (χ1n) is 5.52. The molecule has 0 saturated heterocycles. The van der Waals surface area contributed by atoms with E-state index in [-0.39, 0.29) is 12.4 Å². The Morgan fingerprint density at radius 2 is 2.19 bits per heavy atom. The van der Waals surface area contributed by atoms with Gasteiger partial charge in [-0.2, -0.15) is 4.98 Å². The first-order chi connectivity index (χ1) is 9.79. The van der Waals surface area contributed by atoms with Gasteiger partial charge in [-0.25, -0.2) is 13.1 Å². The second-order valence-electron chi connectivity index (χ2n) is 3.93. The summed E-state index contributed by atoms with van der Waals surface area (Å²) in [6.07, 6.45) is 0. The highest BCUT2D eigenvalue weighted by Crippen LogP contribution is 2.27. The third kappa shape index (κ3) is 3.62. The lowest BCUT2D eigenvalue weighted by Gasteiger charge is -2.06. The molecule has 1 heterocycles. The molecule has 1 N–H and O–H groups in total. The molecule has 2 aromatic rings. The molecule has 0 aliphatic rings. The number of nitrogens with zero attached hydrogens (tertiary/aromatic N) is 3. The van der Waals surface area contributed by atoms with Crippen LogP contribution in [0, 0.1) is 17.0 Å². The van der Waals surface area contributed by atoms with Gasteiger partial charge in [0.1, 0.15) is 0 Å². The summed E-state index contributed by atoms with van der Waals surface area (Å²) in [5, 5.41) is 14.4. The molecular weight excluding hydrogens is 368 g/mol. The summed E-state index contributed by atoms with van der Waals surface area (Å²) in [7, 11) is -4.10. The van der Waals surface area contributed by atoms with E-state index in [1.165, 1.54) is 6.07 Å². The quantitative estimate of drug-likeness (QED) is 0.618. The van der Waals surface area contributed by atoms with Crippen molar-refractivity contribution in [1.29, 1.82) is 0 Å². The van der Waals surface area contributed by atoms with Crippen LogP contribution < -0.4 is 4.72 Å². The fourth-order valence-corrected chi connectivity index (χ4v) is 3.18. The molecule has 0 amide bonds. The second-order valence-corrected chi connectivity index (χ2v) is 6.58. The van der Waals surface area contributed by atoms with E-state index in [9.17, 15) is 18.5 Å². The van der Waals surface area contributed by atoms with Gasteiger partial charge in [0.15, 0.2) is 10.7 Å². The van der Waals surface area contributed by atoms with Gasteiger partial charge in [-0.15, -0.1) is 0 Å². The Morgan fingerprint density at radius 1 is 1.48 bits per heavy atom. The first kappa shape index (κ1) is 15.5. The number of hydrogen-bond acceptors (Lipinski definition) is 7. The van der Waals surface area contributed by atoms with Gasteiger partial charge in [0.25, 0.3) is 5.69 Å². The van der Waals surface area contributed by atoms with Crippen molar-refractivity contribution < 1.29 is 17.9 Å². The van der Waals surface area contributed by atoms with E-state index in [4.69, 9.17) is 4.52 Å². The summed E-state index contributed by atoms with van der Waals surface area (Å²) in [6.45, 7) is 1.33. The van der Waals surface area contributed by atoms with Crippen molar-refractivity contribution in [2.45, 2.75) is 18.4 Å². The van der Waals surface area contributed by atoms with Crippen LogP contribution >= 0.6 is 15.9 Å².